The number of hydrogen-bond acceptors (Lipinski definition) is 4. The molecule has 1 aliphatic heterocycles. The maximum Gasteiger partial charge on any atom is 0.291 e. The number of nitrogens with zero attached hydrogens (tertiary/aromatic N) is 4. The monoisotopic (exact) mass is 331 g/mol. The van der Waals surface area contributed by atoms with Crippen molar-refractivity contribution in [1.82, 2.24) is 25.0 Å². The van der Waals surface area contributed by atoms with Crippen molar-refractivity contribution < 1.29 is 4.79 Å². The van der Waals surface area contributed by atoms with E-state index in [1.807, 2.05) is 4.90 Å². The van der Waals surface area contributed by atoms with Gasteiger partial charge in [-0.05, 0) is 38.0 Å². The van der Waals surface area contributed by atoms with E-state index in [1.54, 1.807) is 11.1 Å². The fourth-order valence-electron chi connectivity index (χ4n) is 4.13. The predicted octanol–water partition coefficient (Wildman–Crippen LogP) is 2.48. The average Bonchev–Trinajstić information content (AvgIpc) is 3.08. The van der Waals surface area contributed by atoms with Gasteiger partial charge in [0.2, 0.25) is 5.82 Å². The van der Waals surface area contributed by atoms with Crippen LogP contribution in [0, 0.1) is 5.41 Å². The van der Waals surface area contributed by atoms with Crippen LogP contribution in [0.3, 0.4) is 0 Å². The standard InChI is InChI=1S/C18H29N5O/c1-14-5-4-7-18(2,3)15(14)6-8-22-9-11-23(12-10-22)17(24)16-19-13-20-21-16/h13H,4-12H2,1-3H3,(H,19,20,21). The first-order valence-electron chi connectivity index (χ1n) is 9.03. The van der Waals surface area contributed by atoms with Crippen LogP contribution >= 0.6 is 0 Å². The number of amides is 1. The lowest BCUT2D eigenvalue weighted by atomic mass is 9.71. The highest BCUT2D eigenvalue weighted by Crippen LogP contribution is 2.41. The second-order valence-electron chi connectivity index (χ2n) is 7.71. The van der Waals surface area contributed by atoms with Crippen LogP contribution in [0.15, 0.2) is 17.5 Å². The smallest absolute Gasteiger partial charge is 0.291 e. The lowest BCUT2D eigenvalue weighted by molar-refractivity contribution is 0.0625. The number of aromatic nitrogens is 3. The third-order valence-electron chi connectivity index (χ3n) is 5.64. The molecule has 1 N–H and O–H groups in total. The number of carbonyl (C=O) groups excluding carboxylic acids is 1. The number of carbonyl (C=O) groups is 1. The molecule has 6 nitrogen and oxygen atoms in total. The van der Waals surface area contributed by atoms with Crippen molar-refractivity contribution in [2.75, 3.05) is 32.7 Å². The van der Waals surface area contributed by atoms with E-state index in [-0.39, 0.29) is 5.91 Å². The normalized spacial score (nSPS) is 22.0. The fourth-order valence-corrected chi connectivity index (χ4v) is 4.13. The molecule has 0 spiro atoms. The van der Waals surface area contributed by atoms with Gasteiger partial charge in [-0.2, -0.15) is 5.10 Å². The lowest BCUT2D eigenvalue weighted by Gasteiger charge is -2.38. The summed E-state index contributed by atoms with van der Waals surface area (Å²) in [6.45, 7) is 11.6. The van der Waals surface area contributed by atoms with Gasteiger partial charge in [-0.3, -0.25) is 14.8 Å². The molecule has 0 aromatic carbocycles. The Labute approximate surface area is 144 Å². The van der Waals surface area contributed by atoms with Crippen LogP contribution in [0.1, 0.15) is 57.1 Å². The fraction of sp³-hybridized carbons (Fsp3) is 0.722. The second-order valence-corrected chi connectivity index (χ2v) is 7.71. The van der Waals surface area contributed by atoms with Gasteiger partial charge in [-0.1, -0.05) is 25.0 Å². The quantitative estimate of drug-likeness (QED) is 0.861. The summed E-state index contributed by atoms with van der Waals surface area (Å²) in [4.78, 5) is 20.6. The molecule has 0 saturated carbocycles. The highest BCUT2D eigenvalue weighted by Gasteiger charge is 2.29. The number of hydrogen-bond donors (Lipinski definition) is 1. The van der Waals surface area contributed by atoms with E-state index in [0.29, 0.717) is 11.2 Å². The zero-order valence-corrected chi connectivity index (χ0v) is 15.1. The highest BCUT2D eigenvalue weighted by atomic mass is 16.2. The number of aromatic amines is 1. The van der Waals surface area contributed by atoms with Gasteiger partial charge in [0, 0.05) is 32.7 Å². The van der Waals surface area contributed by atoms with E-state index < -0.39 is 0 Å². The molecule has 3 rings (SSSR count). The third kappa shape index (κ3) is 3.69. The molecular formula is C18H29N5O. The zero-order chi connectivity index (χ0) is 17.2. The van der Waals surface area contributed by atoms with Crippen molar-refractivity contribution in [3.8, 4) is 0 Å². The SMILES string of the molecule is CC1=C(CCN2CCN(C(=O)c3ncn[nH]3)CC2)C(C)(C)CCC1. The zero-order valence-electron chi connectivity index (χ0n) is 15.1. The first kappa shape index (κ1) is 17.1. The molecule has 132 valence electrons. The molecule has 6 heteroatoms. The maximum absolute atomic E-state index is 12.3. The van der Waals surface area contributed by atoms with Crippen LogP contribution in [0.2, 0.25) is 0 Å². The summed E-state index contributed by atoms with van der Waals surface area (Å²) in [5, 5.41) is 6.41. The number of rotatable bonds is 4. The summed E-state index contributed by atoms with van der Waals surface area (Å²) in [5.74, 6) is 0.298. The van der Waals surface area contributed by atoms with Gasteiger partial charge in [0.05, 0.1) is 0 Å². The molecule has 1 fully saturated rings. The van der Waals surface area contributed by atoms with Gasteiger partial charge < -0.3 is 4.90 Å². The second kappa shape index (κ2) is 7.05. The first-order chi connectivity index (χ1) is 11.5. The number of allylic oxidation sites excluding steroid dienone is 1. The van der Waals surface area contributed by atoms with E-state index in [9.17, 15) is 4.79 Å². The molecule has 1 aromatic heterocycles. The molecule has 2 heterocycles. The Morgan fingerprint density at radius 2 is 2.04 bits per heavy atom. The third-order valence-corrected chi connectivity index (χ3v) is 5.64. The maximum atomic E-state index is 12.3. The molecule has 1 aromatic rings. The summed E-state index contributed by atoms with van der Waals surface area (Å²) >= 11 is 0. The highest BCUT2D eigenvalue weighted by molar-refractivity contribution is 5.90. The van der Waals surface area contributed by atoms with Crippen LogP contribution in [0.5, 0.6) is 0 Å². The largest absolute Gasteiger partial charge is 0.333 e. The van der Waals surface area contributed by atoms with Crippen LogP contribution in [0.4, 0.5) is 0 Å². The molecule has 0 bridgehead atoms. The number of piperazine rings is 1. The van der Waals surface area contributed by atoms with Crippen molar-refractivity contribution in [2.45, 2.75) is 46.5 Å². The minimum atomic E-state index is -0.0425. The topological polar surface area (TPSA) is 65.1 Å². The summed E-state index contributed by atoms with van der Waals surface area (Å²) < 4.78 is 0. The van der Waals surface area contributed by atoms with E-state index in [2.05, 4.69) is 40.9 Å². The van der Waals surface area contributed by atoms with E-state index in [4.69, 9.17) is 0 Å². The summed E-state index contributed by atoms with van der Waals surface area (Å²) in [6, 6.07) is 0. The van der Waals surface area contributed by atoms with Gasteiger partial charge in [-0.25, -0.2) is 4.98 Å². The Kier molecular flexibility index (Phi) is 5.04. The van der Waals surface area contributed by atoms with Crippen molar-refractivity contribution in [1.29, 1.82) is 0 Å². The number of H-pyrrole nitrogens is 1. The predicted molar refractivity (Wildman–Crippen MR) is 93.7 cm³/mol. The van der Waals surface area contributed by atoms with Gasteiger partial charge >= 0.3 is 0 Å². The van der Waals surface area contributed by atoms with Gasteiger partial charge in [0.1, 0.15) is 6.33 Å². The van der Waals surface area contributed by atoms with Gasteiger partial charge in [0.15, 0.2) is 0 Å². The Bertz CT molecular complexity index is 597. The molecule has 2 aliphatic rings. The minimum Gasteiger partial charge on any atom is -0.333 e. The molecule has 24 heavy (non-hydrogen) atoms. The average molecular weight is 331 g/mol. The summed E-state index contributed by atoms with van der Waals surface area (Å²) in [5.41, 5.74) is 3.62. The Morgan fingerprint density at radius 1 is 1.29 bits per heavy atom. The van der Waals surface area contributed by atoms with Crippen molar-refractivity contribution >= 4 is 5.91 Å². The van der Waals surface area contributed by atoms with Crippen molar-refractivity contribution in [3.05, 3.63) is 23.3 Å². The van der Waals surface area contributed by atoms with Crippen LogP contribution in [-0.4, -0.2) is 63.6 Å². The molecule has 1 amide bonds. The minimum absolute atomic E-state index is 0.0425. The molecular weight excluding hydrogens is 302 g/mol. The molecule has 1 aliphatic carbocycles. The molecule has 1 saturated heterocycles. The van der Waals surface area contributed by atoms with Crippen molar-refractivity contribution in [2.24, 2.45) is 5.41 Å². The summed E-state index contributed by atoms with van der Waals surface area (Å²) in [7, 11) is 0. The van der Waals surface area contributed by atoms with Gasteiger partial charge in [-0.15, -0.1) is 0 Å². The molecule has 0 radical (unpaired) electrons. The lowest BCUT2D eigenvalue weighted by Crippen LogP contribution is -2.49. The Morgan fingerprint density at radius 3 is 2.67 bits per heavy atom. The first-order valence-corrected chi connectivity index (χ1v) is 9.03. The van der Waals surface area contributed by atoms with E-state index in [1.165, 1.54) is 25.6 Å². The van der Waals surface area contributed by atoms with E-state index >= 15 is 0 Å². The van der Waals surface area contributed by atoms with Crippen LogP contribution < -0.4 is 0 Å². The van der Waals surface area contributed by atoms with Crippen LogP contribution in [0.25, 0.3) is 0 Å². The molecule has 0 unspecified atom stereocenters. The summed E-state index contributed by atoms with van der Waals surface area (Å²) in [6.07, 6.45) is 6.43. The van der Waals surface area contributed by atoms with Crippen LogP contribution in [-0.2, 0) is 0 Å². The molecule has 0 atom stereocenters. The number of nitrogens with one attached hydrogen (secondary N) is 1. The van der Waals surface area contributed by atoms with Gasteiger partial charge in [0.25, 0.3) is 5.91 Å². The Hall–Kier alpha value is -1.69. The van der Waals surface area contributed by atoms with Crippen molar-refractivity contribution in [3.63, 3.8) is 0 Å². The van der Waals surface area contributed by atoms with E-state index in [0.717, 1.165) is 39.1 Å². The Balaban J connectivity index is 1.50.